The average Bonchev–Trinajstić information content (AvgIpc) is 2.33. The molecule has 2 nitrogen and oxygen atoms in total. The van der Waals surface area contributed by atoms with Crippen molar-refractivity contribution in [2.24, 2.45) is 5.73 Å². The number of benzene rings is 1. The molecule has 0 radical (unpaired) electrons. The van der Waals surface area contributed by atoms with Crippen LogP contribution in [0.1, 0.15) is 25.7 Å². The smallest absolute Gasteiger partial charge is 0.128 e. The van der Waals surface area contributed by atoms with Gasteiger partial charge in [-0.15, -0.1) is 0 Å². The maximum absolute atomic E-state index is 14.3. The van der Waals surface area contributed by atoms with Crippen molar-refractivity contribution in [2.45, 2.75) is 37.4 Å². The van der Waals surface area contributed by atoms with E-state index in [1.54, 1.807) is 0 Å². The first-order valence-electron chi connectivity index (χ1n) is 5.91. The average molecular weight is 222 g/mol. The van der Waals surface area contributed by atoms with E-state index in [2.05, 4.69) is 5.32 Å². The Morgan fingerprint density at radius 2 is 1.88 bits per heavy atom. The molecule has 3 N–H and O–H groups in total. The summed E-state index contributed by atoms with van der Waals surface area (Å²) < 4.78 is 14.3. The van der Waals surface area contributed by atoms with Crippen molar-refractivity contribution >= 4 is 5.69 Å². The molecule has 0 amide bonds. The molecule has 0 bridgehead atoms. The first-order chi connectivity index (χ1) is 7.68. The summed E-state index contributed by atoms with van der Waals surface area (Å²) in [5, 5.41) is 3.15. The Kier molecular flexibility index (Phi) is 3.44. The van der Waals surface area contributed by atoms with E-state index in [1.807, 2.05) is 30.3 Å². The second kappa shape index (κ2) is 4.83. The van der Waals surface area contributed by atoms with Crippen LogP contribution in [0.25, 0.3) is 0 Å². The maximum atomic E-state index is 14.3. The molecule has 1 aromatic rings. The van der Waals surface area contributed by atoms with E-state index in [0.29, 0.717) is 19.4 Å². The Morgan fingerprint density at radius 3 is 2.50 bits per heavy atom. The van der Waals surface area contributed by atoms with Crippen LogP contribution in [0.2, 0.25) is 0 Å². The summed E-state index contributed by atoms with van der Waals surface area (Å²) >= 11 is 0. The van der Waals surface area contributed by atoms with E-state index in [1.165, 1.54) is 0 Å². The number of hydrogen-bond acceptors (Lipinski definition) is 2. The van der Waals surface area contributed by atoms with Gasteiger partial charge < -0.3 is 11.1 Å². The molecule has 0 aliphatic heterocycles. The Bertz CT molecular complexity index is 318. The van der Waals surface area contributed by atoms with Crippen molar-refractivity contribution in [2.75, 3.05) is 11.9 Å². The van der Waals surface area contributed by atoms with E-state index in [4.69, 9.17) is 5.73 Å². The first kappa shape index (κ1) is 11.4. The van der Waals surface area contributed by atoms with Gasteiger partial charge in [-0.3, -0.25) is 0 Å². The molecule has 0 spiro atoms. The van der Waals surface area contributed by atoms with Crippen LogP contribution in [0.15, 0.2) is 30.3 Å². The van der Waals surface area contributed by atoms with Crippen molar-refractivity contribution in [3.05, 3.63) is 30.3 Å². The predicted molar refractivity (Wildman–Crippen MR) is 65.2 cm³/mol. The van der Waals surface area contributed by atoms with Crippen molar-refractivity contribution in [1.82, 2.24) is 0 Å². The fraction of sp³-hybridized carbons (Fsp3) is 0.538. The van der Waals surface area contributed by atoms with Gasteiger partial charge in [0.25, 0.3) is 0 Å². The van der Waals surface area contributed by atoms with Crippen molar-refractivity contribution < 1.29 is 4.39 Å². The van der Waals surface area contributed by atoms with E-state index in [9.17, 15) is 4.39 Å². The molecule has 0 aromatic heterocycles. The second-order valence-electron chi connectivity index (χ2n) is 4.71. The zero-order valence-corrected chi connectivity index (χ0v) is 9.45. The number of nitrogens with two attached hydrogens (primary N) is 1. The lowest BCUT2D eigenvalue weighted by molar-refractivity contribution is 0.113. The van der Waals surface area contributed by atoms with Gasteiger partial charge in [0.05, 0.1) is 0 Å². The SMILES string of the molecule is NC1CCC(F)(CNc2ccccc2)CC1. The molecule has 0 atom stereocenters. The third kappa shape index (κ3) is 2.95. The molecule has 2 rings (SSSR count). The number of halogens is 1. The van der Waals surface area contributed by atoms with Gasteiger partial charge in [0.1, 0.15) is 5.67 Å². The first-order valence-corrected chi connectivity index (χ1v) is 5.91. The molecule has 0 saturated heterocycles. The molecule has 1 fully saturated rings. The van der Waals surface area contributed by atoms with Crippen LogP contribution < -0.4 is 11.1 Å². The molecule has 0 heterocycles. The minimum atomic E-state index is -1.08. The second-order valence-corrected chi connectivity index (χ2v) is 4.71. The molecular formula is C13H19FN2. The highest BCUT2D eigenvalue weighted by Crippen LogP contribution is 2.31. The summed E-state index contributed by atoms with van der Waals surface area (Å²) in [5.74, 6) is 0. The quantitative estimate of drug-likeness (QED) is 0.825. The van der Waals surface area contributed by atoms with Crippen LogP contribution >= 0.6 is 0 Å². The summed E-state index contributed by atoms with van der Waals surface area (Å²) in [4.78, 5) is 0. The van der Waals surface area contributed by atoms with Gasteiger partial charge in [-0.1, -0.05) is 18.2 Å². The molecule has 3 heteroatoms. The summed E-state index contributed by atoms with van der Waals surface area (Å²) in [6, 6.07) is 9.96. The Labute approximate surface area is 96.0 Å². The van der Waals surface area contributed by atoms with E-state index >= 15 is 0 Å². The van der Waals surface area contributed by atoms with Gasteiger partial charge in [-0.05, 0) is 37.8 Å². The minimum Gasteiger partial charge on any atom is -0.382 e. The van der Waals surface area contributed by atoms with Gasteiger partial charge in [0.2, 0.25) is 0 Å². The Hall–Kier alpha value is -1.09. The van der Waals surface area contributed by atoms with Crippen LogP contribution in [0.3, 0.4) is 0 Å². The van der Waals surface area contributed by atoms with Crippen LogP contribution in [0.5, 0.6) is 0 Å². The van der Waals surface area contributed by atoms with Gasteiger partial charge in [-0.25, -0.2) is 4.39 Å². The Morgan fingerprint density at radius 1 is 1.25 bits per heavy atom. The zero-order chi connectivity index (χ0) is 11.4. The highest BCUT2D eigenvalue weighted by atomic mass is 19.1. The molecule has 1 saturated carbocycles. The maximum Gasteiger partial charge on any atom is 0.128 e. The summed E-state index contributed by atoms with van der Waals surface area (Å²) in [6.07, 6.45) is 2.75. The predicted octanol–water partition coefficient (Wildman–Crippen LogP) is 2.71. The number of hydrogen-bond donors (Lipinski definition) is 2. The van der Waals surface area contributed by atoms with Crippen molar-refractivity contribution in [3.8, 4) is 0 Å². The molecule has 16 heavy (non-hydrogen) atoms. The number of para-hydroxylation sites is 1. The Balaban J connectivity index is 1.85. The van der Waals surface area contributed by atoms with Crippen LogP contribution in [-0.4, -0.2) is 18.3 Å². The fourth-order valence-electron chi connectivity index (χ4n) is 2.15. The standard InChI is InChI=1S/C13H19FN2/c14-13(8-6-11(15)7-9-13)10-16-12-4-2-1-3-5-12/h1-5,11,16H,6-10,15H2. The van der Waals surface area contributed by atoms with Gasteiger partial charge in [-0.2, -0.15) is 0 Å². The largest absolute Gasteiger partial charge is 0.382 e. The van der Waals surface area contributed by atoms with Crippen LogP contribution in [0.4, 0.5) is 10.1 Å². The van der Waals surface area contributed by atoms with E-state index < -0.39 is 5.67 Å². The molecule has 1 aliphatic rings. The zero-order valence-electron chi connectivity index (χ0n) is 9.45. The van der Waals surface area contributed by atoms with Crippen LogP contribution in [-0.2, 0) is 0 Å². The monoisotopic (exact) mass is 222 g/mol. The molecular weight excluding hydrogens is 203 g/mol. The number of nitrogens with one attached hydrogen (secondary N) is 1. The summed E-state index contributed by atoms with van der Waals surface area (Å²) in [6.45, 7) is 0.393. The molecule has 1 aliphatic carbocycles. The van der Waals surface area contributed by atoms with E-state index in [0.717, 1.165) is 18.5 Å². The minimum absolute atomic E-state index is 0.195. The highest BCUT2D eigenvalue weighted by Gasteiger charge is 2.33. The number of alkyl halides is 1. The highest BCUT2D eigenvalue weighted by molar-refractivity contribution is 5.42. The molecule has 1 aromatic carbocycles. The fourth-order valence-corrected chi connectivity index (χ4v) is 2.15. The molecule has 88 valence electrons. The number of anilines is 1. The van der Waals surface area contributed by atoms with Crippen molar-refractivity contribution in [3.63, 3.8) is 0 Å². The molecule has 0 unspecified atom stereocenters. The van der Waals surface area contributed by atoms with Crippen molar-refractivity contribution in [1.29, 1.82) is 0 Å². The topological polar surface area (TPSA) is 38.0 Å². The lowest BCUT2D eigenvalue weighted by atomic mass is 9.84. The lowest BCUT2D eigenvalue weighted by Gasteiger charge is -2.32. The van der Waals surface area contributed by atoms with E-state index in [-0.39, 0.29) is 6.04 Å². The van der Waals surface area contributed by atoms with Crippen LogP contribution in [0, 0.1) is 0 Å². The van der Waals surface area contributed by atoms with Gasteiger partial charge in [0.15, 0.2) is 0 Å². The third-order valence-electron chi connectivity index (χ3n) is 3.31. The normalized spacial score (nSPS) is 30.0. The summed E-state index contributed by atoms with van der Waals surface area (Å²) in [7, 11) is 0. The van der Waals surface area contributed by atoms with Gasteiger partial charge >= 0.3 is 0 Å². The number of rotatable bonds is 3. The van der Waals surface area contributed by atoms with Gasteiger partial charge in [0, 0.05) is 18.3 Å². The third-order valence-corrected chi connectivity index (χ3v) is 3.31. The summed E-state index contributed by atoms with van der Waals surface area (Å²) in [5.41, 5.74) is 5.68. The lowest BCUT2D eigenvalue weighted by Crippen LogP contribution is -2.40.